The van der Waals surface area contributed by atoms with E-state index < -0.39 is 23.5 Å². The molecule has 1 aliphatic heterocycles. The fraction of sp³-hybridized carbons (Fsp3) is 0.385. The summed E-state index contributed by atoms with van der Waals surface area (Å²) in [4.78, 5) is 27.5. The number of unbranched alkanes of at least 4 members (excludes halogenated alkanes) is 2. The number of amides is 1. The Bertz CT molecular complexity index is 1030. The molecule has 1 fully saturated rings. The van der Waals surface area contributed by atoms with Gasteiger partial charge in [0.05, 0.1) is 30.4 Å². The fourth-order valence-electron chi connectivity index (χ4n) is 4.01. The molecular weight excluding hydrogens is 425 g/mol. The third-order valence-electron chi connectivity index (χ3n) is 5.55. The van der Waals surface area contributed by atoms with Crippen molar-refractivity contribution in [1.82, 2.24) is 4.90 Å². The summed E-state index contributed by atoms with van der Waals surface area (Å²) in [6.07, 6.45) is 2.57. The molecule has 1 N–H and O–H groups in total. The van der Waals surface area contributed by atoms with Crippen molar-refractivity contribution in [1.29, 1.82) is 0 Å². The van der Waals surface area contributed by atoms with Crippen LogP contribution in [0.2, 0.25) is 0 Å². The lowest BCUT2D eigenvalue weighted by molar-refractivity contribution is -0.139. The molecule has 176 valence electrons. The van der Waals surface area contributed by atoms with E-state index in [0.717, 1.165) is 12.8 Å². The molecular formula is C26H30FNO5. The van der Waals surface area contributed by atoms with E-state index in [1.165, 1.54) is 29.2 Å². The van der Waals surface area contributed by atoms with E-state index >= 15 is 0 Å². The van der Waals surface area contributed by atoms with Crippen molar-refractivity contribution in [2.45, 2.75) is 46.1 Å². The molecule has 0 saturated carbocycles. The SMILES string of the molecule is CCCCCN1C(=O)C(=O)/C(=C(\O)c2ccc(OCC)cc2OCC)C1c1ccc(F)cc1. The highest BCUT2D eigenvalue weighted by Gasteiger charge is 2.46. The molecule has 2 aromatic carbocycles. The molecule has 6 nitrogen and oxygen atoms in total. The van der Waals surface area contributed by atoms with Crippen LogP contribution < -0.4 is 9.47 Å². The number of nitrogens with zero attached hydrogens (tertiary/aromatic N) is 1. The summed E-state index contributed by atoms with van der Waals surface area (Å²) >= 11 is 0. The van der Waals surface area contributed by atoms with Crippen LogP contribution >= 0.6 is 0 Å². The van der Waals surface area contributed by atoms with Gasteiger partial charge in [0.1, 0.15) is 23.1 Å². The number of halogens is 1. The second-order valence-electron chi connectivity index (χ2n) is 7.78. The van der Waals surface area contributed by atoms with Crippen molar-refractivity contribution in [3.63, 3.8) is 0 Å². The molecule has 0 aliphatic carbocycles. The second kappa shape index (κ2) is 11.0. The summed E-state index contributed by atoms with van der Waals surface area (Å²) in [6, 6.07) is 9.74. The summed E-state index contributed by atoms with van der Waals surface area (Å²) in [5.41, 5.74) is 0.810. The lowest BCUT2D eigenvalue weighted by atomic mass is 9.95. The summed E-state index contributed by atoms with van der Waals surface area (Å²) < 4.78 is 24.8. The van der Waals surface area contributed by atoms with E-state index in [1.807, 2.05) is 20.8 Å². The van der Waals surface area contributed by atoms with Crippen molar-refractivity contribution >= 4 is 17.4 Å². The van der Waals surface area contributed by atoms with Crippen molar-refractivity contribution in [3.8, 4) is 11.5 Å². The normalized spacial score (nSPS) is 17.5. The highest BCUT2D eigenvalue weighted by atomic mass is 19.1. The van der Waals surface area contributed by atoms with E-state index in [0.29, 0.717) is 48.8 Å². The van der Waals surface area contributed by atoms with Crippen LogP contribution in [-0.2, 0) is 9.59 Å². The third-order valence-corrected chi connectivity index (χ3v) is 5.55. The Kier molecular flexibility index (Phi) is 8.09. The molecule has 1 unspecified atom stereocenters. The number of likely N-dealkylation sites (tertiary alicyclic amines) is 1. The summed E-state index contributed by atoms with van der Waals surface area (Å²) in [5.74, 6) is -1.29. The lowest BCUT2D eigenvalue weighted by Crippen LogP contribution is -2.30. The van der Waals surface area contributed by atoms with Crippen molar-refractivity contribution < 1.29 is 28.6 Å². The first-order chi connectivity index (χ1) is 15.9. The number of rotatable bonds is 10. The highest BCUT2D eigenvalue weighted by molar-refractivity contribution is 6.46. The Hall–Kier alpha value is -3.35. The minimum absolute atomic E-state index is 0.0341. The molecule has 0 aromatic heterocycles. The van der Waals surface area contributed by atoms with Crippen LogP contribution in [0, 0.1) is 5.82 Å². The maximum absolute atomic E-state index is 13.6. The van der Waals surface area contributed by atoms with Crippen LogP contribution in [0.5, 0.6) is 11.5 Å². The van der Waals surface area contributed by atoms with Crippen molar-refractivity contribution in [3.05, 3.63) is 65.0 Å². The molecule has 33 heavy (non-hydrogen) atoms. The summed E-state index contributed by atoms with van der Waals surface area (Å²) in [7, 11) is 0. The Morgan fingerprint density at radius 3 is 2.33 bits per heavy atom. The second-order valence-corrected chi connectivity index (χ2v) is 7.78. The number of benzene rings is 2. The predicted octanol–water partition coefficient (Wildman–Crippen LogP) is 5.24. The topological polar surface area (TPSA) is 76.1 Å². The molecule has 1 atom stereocenters. The van der Waals surface area contributed by atoms with Crippen molar-refractivity contribution in [2.24, 2.45) is 0 Å². The molecule has 7 heteroatoms. The molecule has 0 spiro atoms. The van der Waals surface area contributed by atoms with Gasteiger partial charge < -0.3 is 19.5 Å². The molecule has 1 saturated heterocycles. The zero-order valence-electron chi connectivity index (χ0n) is 19.3. The molecule has 2 aromatic rings. The number of Topliss-reactive ketones (excluding diaryl/α,β-unsaturated/α-hetero) is 1. The average molecular weight is 456 g/mol. The zero-order chi connectivity index (χ0) is 24.0. The Labute approximate surface area is 193 Å². The first-order valence-corrected chi connectivity index (χ1v) is 11.4. The van der Waals surface area contributed by atoms with Crippen LogP contribution in [-0.4, -0.2) is 41.5 Å². The van der Waals surface area contributed by atoms with E-state index in [-0.39, 0.29) is 11.3 Å². The van der Waals surface area contributed by atoms with Crippen molar-refractivity contribution in [2.75, 3.05) is 19.8 Å². The van der Waals surface area contributed by atoms with Gasteiger partial charge in [-0.05, 0) is 50.1 Å². The lowest BCUT2D eigenvalue weighted by Gasteiger charge is -2.25. The monoisotopic (exact) mass is 455 g/mol. The maximum atomic E-state index is 13.6. The highest BCUT2D eigenvalue weighted by Crippen LogP contribution is 2.41. The predicted molar refractivity (Wildman–Crippen MR) is 124 cm³/mol. The minimum atomic E-state index is -0.816. The van der Waals surface area contributed by atoms with Crippen LogP contribution in [0.25, 0.3) is 5.76 Å². The average Bonchev–Trinajstić information content (AvgIpc) is 3.05. The first-order valence-electron chi connectivity index (χ1n) is 11.4. The van der Waals surface area contributed by atoms with Gasteiger partial charge in [0.15, 0.2) is 0 Å². The number of aliphatic hydroxyl groups is 1. The van der Waals surface area contributed by atoms with Gasteiger partial charge in [-0.15, -0.1) is 0 Å². The summed E-state index contributed by atoms with van der Waals surface area (Å²) in [5, 5.41) is 11.3. The number of ether oxygens (including phenoxy) is 2. The summed E-state index contributed by atoms with van der Waals surface area (Å²) in [6.45, 7) is 6.87. The van der Waals surface area contributed by atoms with E-state index in [2.05, 4.69) is 0 Å². The molecule has 1 heterocycles. The number of hydrogen-bond acceptors (Lipinski definition) is 5. The fourth-order valence-corrected chi connectivity index (χ4v) is 4.01. The van der Waals surface area contributed by atoms with Gasteiger partial charge >= 0.3 is 0 Å². The molecule has 1 aliphatic rings. The van der Waals surface area contributed by atoms with Gasteiger partial charge in [0.2, 0.25) is 0 Å². The molecule has 1 amide bonds. The van der Waals surface area contributed by atoms with E-state index in [4.69, 9.17) is 9.47 Å². The first kappa shape index (κ1) is 24.3. The molecule has 3 rings (SSSR count). The third kappa shape index (κ3) is 5.18. The molecule has 0 bridgehead atoms. The Balaban J connectivity index is 2.15. The van der Waals surface area contributed by atoms with Gasteiger partial charge in [0.25, 0.3) is 11.7 Å². The van der Waals surface area contributed by atoms with Crippen LogP contribution in [0.1, 0.15) is 57.2 Å². The Morgan fingerprint density at radius 2 is 1.70 bits per heavy atom. The Morgan fingerprint density at radius 1 is 1.00 bits per heavy atom. The number of carbonyl (C=O) groups is 2. The number of aliphatic hydroxyl groups excluding tert-OH is 1. The van der Waals surface area contributed by atoms with Crippen LogP contribution in [0.15, 0.2) is 48.0 Å². The van der Waals surface area contributed by atoms with Gasteiger partial charge in [-0.1, -0.05) is 31.9 Å². The number of hydrogen-bond donors (Lipinski definition) is 1. The smallest absolute Gasteiger partial charge is 0.295 e. The van der Waals surface area contributed by atoms with Crippen LogP contribution in [0.4, 0.5) is 4.39 Å². The quantitative estimate of drug-likeness (QED) is 0.230. The van der Waals surface area contributed by atoms with Gasteiger partial charge in [-0.25, -0.2) is 4.39 Å². The minimum Gasteiger partial charge on any atom is -0.507 e. The van der Waals surface area contributed by atoms with Crippen LogP contribution in [0.3, 0.4) is 0 Å². The zero-order valence-corrected chi connectivity index (χ0v) is 19.3. The van der Waals surface area contributed by atoms with E-state index in [1.54, 1.807) is 18.2 Å². The van der Waals surface area contributed by atoms with Gasteiger partial charge in [-0.2, -0.15) is 0 Å². The van der Waals surface area contributed by atoms with E-state index in [9.17, 15) is 19.1 Å². The van der Waals surface area contributed by atoms with Gasteiger partial charge in [0, 0.05) is 12.6 Å². The van der Waals surface area contributed by atoms with Gasteiger partial charge in [-0.3, -0.25) is 9.59 Å². The standard InChI is InChI=1S/C26H30FNO5/c1-4-7-8-15-28-23(17-9-11-18(27)12-10-17)22(25(30)26(28)31)24(29)20-14-13-19(32-5-2)16-21(20)33-6-3/h9-14,16,23,29H,4-8,15H2,1-3H3/b24-22-. The largest absolute Gasteiger partial charge is 0.507 e. The molecule has 0 radical (unpaired) electrons. The number of carbonyl (C=O) groups excluding carboxylic acids is 2. The maximum Gasteiger partial charge on any atom is 0.295 e. The number of ketones is 1.